The molecule has 116 valence electrons. The molecule has 0 aliphatic carbocycles. The van der Waals surface area contributed by atoms with Crippen LogP contribution in [-0.4, -0.2) is 24.5 Å². The van der Waals surface area contributed by atoms with Gasteiger partial charge in [0.1, 0.15) is 5.75 Å². The molecular formula is C18H16N2O3. The molecule has 1 aromatic heterocycles. The number of aromatic amines is 1. The van der Waals surface area contributed by atoms with Gasteiger partial charge in [-0.05, 0) is 30.3 Å². The first-order valence-electron chi connectivity index (χ1n) is 7.21. The largest absolute Gasteiger partial charge is 0.483 e. The van der Waals surface area contributed by atoms with E-state index in [1.807, 2.05) is 30.3 Å². The molecule has 1 heterocycles. The first kappa shape index (κ1) is 14.8. The lowest BCUT2D eigenvalue weighted by Gasteiger charge is -2.17. The van der Waals surface area contributed by atoms with E-state index >= 15 is 0 Å². The molecule has 0 atom stereocenters. The molecule has 0 saturated carbocycles. The molecule has 0 aliphatic rings. The summed E-state index contributed by atoms with van der Waals surface area (Å²) >= 11 is 0. The third-order valence-corrected chi connectivity index (χ3v) is 3.64. The second-order valence-electron chi connectivity index (χ2n) is 5.10. The molecule has 0 unspecified atom stereocenters. The van der Waals surface area contributed by atoms with Crippen molar-refractivity contribution in [2.75, 3.05) is 18.6 Å². The number of H-pyrrole nitrogens is 1. The van der Waals surface area contributed by atoms with Crippen LogP contribution < -0.4 is 15.2 Å². The number of aromatic nitrogens is 1. The standard InChI is InChI=1S/C18H16N2O3/c1-20(13-6-3-2-4-7-13)17(21)12-23-16-9-5-8-15-14(16)10-11-19-18(15)22/h2-11H,12H2,1H3,(H,19,22). The molecule has 3 aromatic rings. The summed E-state index contributed by atoms with van der Waals surface area (Å²) in [4.78, 5) is 28.2. The molecule has 2 aromatic carbocycles. The number of nitrogens with zero attached hydrogens (tertiary/aromatic N) is 1. The van der Waals surface area contributed by atoms with Gasteiger partial charge in [-0.1, -0.05) is 24.3 Å². The van der Waals surface area contributed by atoms with Gasteiger partial charge in [-0.2, -0.15) is 0 Å². The number of fused-ring (bicyclic) bond motifs is 1. The Labute approximate surface area is 133 Å². The highest BCUT2D eigenvalue weighted by Crippen LogP contribution is 2.22. The summed E-state index contributed by atoms with van der Waals surface area (Å²) in [7, 11) is 1.70. The molecule has 0 bridgehead atoms. The second kappa shape index (κ2) is 6.36. The molecular weight excluding hydrogens is 292 g/mol. The first-order chi connectivity index (χ1) is 11.2. The number of rotatable bonds is 4. The van der Waals surface area contributed by atoms with E-state index in [4.69, 9.17) is 4.74 Å². The molecule has 1 N–H and O–H groups in total. The van der Waals surface area contributed by atoms with E-state index in [0.29, 0.717) is 16.5 Å². The molecule has 23 heavy (non-hydrogen) atoms. The van der Waals surface area contributed by atoms with E-state index in [2.05, 4.69) is 4.98 Å². The number of nitrogens with one attached hydrogen (secondary N) is 1. The lowest BCUT2D eigenvalue weighted by Crippen LogP contribution is -2.31. The Kier molecular flexibility index (Phi) is 4.10. The van der Waals surface area contributed by atoms with Gasteiger partial charge in [0.05, 0.1) is 5.39 Å². The van der Waals surface area contributed by atoms with Crippen LogP contribution >= 0.6 is 0 Å². The van der Waals surface area contributed by atoms with Crippen LogP contribution in [-0.2, 0) is 4.79 Å². The number of hydrogen-bond donors (Lipinski definition) is 1. The number of hydrogen-bond acceptors (Lipinski definition) is 3. The van der Waals surface area contributed by atoms with Crippen molar-refractivity contribution < 1.29 is 9.53 Å². The summed E-state index contributed by atoms with van der Waals surface area (Å²) < 4.78 is 5.63. The van der Waals surface area contributed by atoms with Gasteiger partial charge in [0.15, 0.2) is 6.61 Å². The highest BCUT2D eigenvalue weighted by atomic mass is 16.5. The molecule has 0 aliphatic heterocycles. The van der Waals surface area contributed by atoms with Crippen LogP contribution in [0.3, 0.4) is 0 Å². The summed E-state index contributed by atoms with van der Waals surface area (Å²) in [6.45, 7) is -0.0999. The highest BCUT2D eigenvalue weighted by Gasteiger charge is 2.12. The fourth-order valence-corrected chi connectivity index (χ4v) is 2.35. The SMILES string of the molecule is CN(C(=O)COc1cccc2c(=O)[nH]ccc12)c1ccccc1. The average Bonchev–Trinajstić information content (AvgIpc) is 2.60. The monoisotopic (exact) mass is 308 g/mol. The van der Waals surface area contributed by atoms with Gasteiger partial charge < -0.3 is 14.6 Å². The summed E-state index contributed by atoms with van der Waals surface area (Å²) in [5, 5.41) is 1.22. The van der Waals surface area contributed by atoms with Crippen molar-refractivity contribution in [1.82, 2.24) is 4.98 Å². The van der Waals surface area contributed by atoms with E-state index in [-0.39, 0.29) is 18.1 Å². The molecule has 0 fully saturated rings. The lowest BCUT2D eigenvalue weighted by atomic mass is 10.1. The van der Waals surface area contributed by atoms with Crippen LogP contribution in [0.2, 0.25) is 0 Å². The minimum Gasteiger partial charge on any atom is -0.483 e. The Morgan fingerprint density at radius 2 is 1.83 bits per heavy atom. The van der Waals surface area contributed by atoms with Crippen LogP contribution in [0.4, 0.5) is 5.69 Å². The minimum absolute atomic E-state index is 0.0999. The van der Waals surface area contributed by atoms with Gasteiger partial charge in [0, 0.05) is 24.3 Å². The fourth-order valence-electron chi connectivity index (χ4n) is 2.35. The molecule has 5 heteroatoms. The van der Waals surface area contributed by atoms with Gasteiger partial charge in [-0.15, -0.1) is 0 Å². The first-order valence-corrected chi connectivity index (χ1v) is 7.21. The quantitative estimate of drug-likeness (QED) is 0.806. The number of amides is 1. The van der Waals surface area contributed by atoms with Crippen molar-refractivity contribution in [3.63, 3.8) is 0 Å². The zero-order valence-electron chi connectivity index (χ0n) is 12.7. The smallest absolute Gasteiger partial charge is 0.264 e. The molecule has 0 radical (unpaired) electrons. The Bertz CT molecular complexity index is 887. The van der Waals surface area contributed by atoms with Gasteiger partial charge in [0.2, 0.25) is 0 Å². The van der Waals surface area contributed by atoms with Gasteiger partial charge >= 0.3 is 0 Å². The van der Waals surface area contributed by atoms with Crippen molar-refractivity contribution in [3.8, 4) is 5.75 Å². The van der Waals surface area contributed by atoms with E-state index < -0.39 is 0 Å². The Morgan fingerprint density at radius 1 is 1.04 bits per heavy atom. The Balaban J connectivity index is 1.77. The molecule has 1 amide bonds. The van der Waals surface area contributed by atoms with Gasteiger partial charge in [-0.3, -0.25) is 9.59 Å². The maximum atomic E-state index is 12.3. The van der Waals surface area contributed by atoms with Gasteiger partial charge in [0.25, 0.3) is 11.5 Å². The minimum atomic E-state index is -0.180. The fraction of sp³-hybridized carbons (Fsp3) is 0.111. The third kappa shape index (κ3) is 3.08. The van der Waals surface area contributed by atoms with Crippen molar-refractivity contribution in [2.24, 2.45) is 0 Å². The van der Waals surface area contributed by atoms with Gasteiger partial charge in [-0.25, -0.2) is 0 Å². The van der Waals surface area contributed by atoms with Crippen LogP contribution in [0, 0.1) is 0 Å². The second-order valence-corrected chi connectivity index (χ2v) is 5.10. The maximum Gasteiger partial charge on any atom is 0.264 e. The number of carbonyl (C=O) groups excluding carboxylic acids is 1. The molecule has 0 spiro atoms. The van der Waals surface area contributed by atoms with Crippen molar-refractivity contribution in [3.05, 3.63) is 71.1 Å². The Hall–Kier alpha value is -3.08. The van der Waals surface area contributed by atoms with E-state index in [0.717, 1.165) is 5.69 Å². The number of anilines is 1. The van der Waals surface area contributed by atoms with Crippen molar-refractivity contribution >= 4 is 22.4 Å². The number of ether oxygens (including phenoxy) is 1. The normalized spacial score (nSPS) is 10.5. The summed E-state index contributed by atoms with van der Waals surface area (Å²) in [5.74, 6) is 0.349. The van der Waals surface area contributed by atoms with Crippen LogP contribution in [0.1, 0.15) is 0 Å². The van der Waals surface area contributed by atoms with E-state index in [1.54, 1.807) is 37.5 Å². The predicted octanol–water partition coefficient (Wildman–Crippen LogP) is 2.57. The van der Waals surface area contributed by atoms with E-state index in [9.17, 15) is 9.59 Å². The van der Waals surface area contributed by atoms with Crippen molar-refractivity contribution in [2.45, 2.75) is 0 Å². The average molecular weight is 308 g/mol. The summed E-state index contributed by atoms with van der Waals surface area (Å²) in [6, 6.07) is 16.3. The number of para-hydroxylation sites is 1. The lowest BCUT2D eigenvalue weighted by molar-refractivity contribution is -0.120. The van der Waals surface area contributed by atoms with Crippen LogP contribution in [0.25, 0.3) is 10.8 Å². The predicted molar refractivity (Wildman–Crippen MR) is 89.9 cm³/mol. The molecule has 0 saturated heterocycles. The third-order valence-electron chi connectivity index (χ3n) is 3.64. The maximum absolute atomic E-state index is 12.3. The summed E-state index contributed by atoms with van der Waals surface area (Å²) in [5.41, 5.74) is 0.621. The number of carbonyl (C=O) groups is 1. The molecule has 3 rings (SSSR count). The molecule has 5 nitrogen and oxygen atoms in total. The summed E-state index contributed by atoms with van der Waals surface area (Å²) in [6.07, 6.45) is 1.56. The van der Waals surface area contributed by atoms with Crippen LogP contribution in [0.5, 0.6) is 5.75 Å². The number of likely N-dealkylation sites (N-methyl/N-ethyl adjacent to an activating group) is 1. The zero-order chi connectivity index (χ0) is 16.2. The zero-order valence-corrected chi connectivity index (χ0v) is 12.7. The number of pyridine rings is 1. The van der Waals surface area contributed by atoms with E-state index in [1.165, 1.54) is 4.90 Å². The number of benzene rings is 2. The Morgan fingerprint density at radius 3 is 2.61 bits per heavy atom. The van der Waals surface area contributed by atoms with Crippen LogP contribution in [0.15, 0.2) is 65.6 Å². The topological polar surface area (TPSA) is 62.4 Å². The van der Waals surface area contributed by atoms with Crippen molar-refractivity contribution in [1.29, 1.82) is 0 Å². The highest BCUT2D eigenvalue weighted by molar-refractivity contribution is 5.94.